The van der Waals surface area contributed by atoms with Gasteiger partial charge in [0, 0.05) is 11.3 Å². The SMILES string of the molecule is COc1ccc(C(=O)Nc2ccc(CC(=O)NO)cc2)cc1. The second-order valence-electron chi connectivity index (χ2n) is 4.59. The van der Waals surface area contributed by atoms with E-state index in [4.69, 9.17) is 9.94 Å². The van der Waals surface area contributed by atoms with Crippen molar-refractivity contribution in [1.82, 2.24) is 5.48 Å². The second kappa shape index (κ2) is 7.24. The lowest BCUT2D eigenvalue weighted by molar-refractivity contribution is -0.128. The fourth-order valence-electron chi connectivity index (χ4n) is 1.88. The summed E-state index contributed by atoms with van der Waals surface area (Å²) in [5, 5.41) is 11.2. The first kappa shape index (κ1) is 15.5. The van der Waals surface area contributed by atoms with Crippen LogP contribution in [0.15, 0.2) is 48.5 Å². The molecule has 0 aromatic heterocycles. The number of benzene rings is 2. The number of anilines is 1. The number of hydrogen-bond acceptors (Lipinski definition) is 4. The van der Waals surface area contributed by atoms with Gasteiger partial charge in [-0.3, -0.25) is 14.8 Å². The van der Waals surface area contributed by atoms with Crippen molar-refractivity contribution in [2.45, 2.75) is 6.42 Å². The molecule has 114 valence electrons. The van der Waals surface area contributed by atoms with Crippen molar-refractivity contribution < 1.29 is 19.5 Å². The smallest absolute Gasteiger partial charge is 0.255 e. The number of hydroxylamine groups is 1. The second-order valence-corrected chi connectivity index (χ2v) is 4.59. The summed E-state index contributed by atoms with van der Waals surface area (Å²) in [6.07, 6.45) is 0.0726. The summed E-state index contributed by atoms with van der Waals surface area (Å²) in [5.41, 5.74) is 3.44. The Labute approximate surface area is 127 Å². The van der Waals surface area contributed by atoms with Crippen molar-refractivity contribution in [2.75, 3.05) is 12.4 Å². The van der Waals surface area contributed by atoms with Crippen LogP contribution in [0.5, 0.6) is 5.75 Å². The molecular weight excluding hydrogens is 284 g/mol. The van der Waals surface area contributed by atoms with Gasteiger partial charge in [-0.2, -0.15) is 0 Å². The fraction of sp³-hybridized carbons (Fsp3) is 0.125. The van der Waals surface area contributed by atoms with E-state index in [2.05, 4.69) is 5.32 Å². The van der Waals surface area contributed by atoms with Crippen LogP contribution in [-0.4, -0.2) is 24.1 Å². The van der Waals surface area contributed by atoms with Crippen molar-refractivity contribution in [3.8, 4) is 5.75 Å². The van der Waals surface area contributed by atoms with E-state index in [-0.39, 0.29) is 12.3 Å². The predicted molar refractivity (Wildman–Crippen MR) is 81.0 cm³/mol. The number of nitrogens with one attached hydrogen (secondary N) is 2. The first-order chi connectivity index (χ1) is 10.6. The molecule has 2 rings (SSSR count). The Morgan fingerprint density at radius 3 is 2.23 bits per heavy atom. The van der Waals surface area contributed by atoms with E-state index < -0.39 is 5.91 Å². The summed E-state index contributed by atoms with van der Waals surface area (Å²) >= 11 is 0. The zero-order chi connectivity index (χ0) is 15.9. The number of carbonyl (C=O) groups is 2. The molecule has 0 unspecified atom stereocenters. The van der Waals surface area contributed by atoms with Crippen LogP contribution in [0.4, 0.5) is 5.69 Å². The van der Waals surface area contributed by atoms with Crippen LogP contribution in [0.2, 0.25) is 0 Å². The molecule has 0 aliphatic rings. The molecule has 6 nitrogen and oxygen atoms in total. The third-order valence-corrected chi connectivity index (χ3v) is 3.05. The van der Waals surface area contributed by atoms with Gasteiger partial charge in [-0.15, -0.1) is 0 Å². The Kier molecular flexibility index (Phi) is 5.11. The minimum absolute atomic E-state index is 0.0726. The summed E-state index contributed by atoms with van der Waals surface area (Å²) < 4.78 is 5.04. The Balaban J connectivity index is 2.00. The Bertz CT molecular complexity index is 651. The lowest BCUT2D eigenvalue weighted by Gasteiger charge is -2.07. The topological polar surface area (TPSA) is 87.7 Å². The lowest BCUT2D eigenvalue weighted by Crippen LogP contribution is -2.20. The van der Waals surface area contributed by atoms with Crippen LogP contribution in [0.25, 0.3) is 0 Å². The Hall–Kier alpha value is -2.86. The molecule has 0 aliphatic carbocycles. The van der Waals surface area contributed by atoms with E-state index in [9.17, 15) is 9.59 Å². The Morgan fingerprint density at radius 2 is 1.68 bits per heavy atom. The largest absolute Gasteiger partial charge is 0.497 e. The first-order valence-electron chi connectivity index (χ1n) is 6.59. The minimum atomic E-state index is -0.491. The Morgan fingerprint density at radius 1 is 1.05 bits per heavy atom. The highest BCUT2D eigenvalue weighted by molar-refractivity contribution is 6.04. The van der Waals surface area contributed by atoms with Gasteiger partial charge in [-0.1, -0.05) is 12.1 Å². The van der Waals surface area contributed by atoms with Gasteiger partial charge < -0.3 is 10.1 Å². The number of amides is 2. The van der Waals surface area contributed by atoms with Crippen LogP contribution >= 0.6 is 0 Å². The molecular formula is C16H16N2O4. The third kappa shape index (κ3) is 4.07. The van der Waals surface area contributed by atoms with Gasteiger partial charge in [-0.05, 0) is 42.0 Å². The fourth-order valence-corrected chi connectivity index (χ4v) is 1.88. The summed E-state index contributed by atoms with van der Waals surface area (Å²) in [5.74, 6) is -0.0402. The van der Waals surface area contributed by atoms with Gasteiger partial charge >= 0.3 is 0 Å². The molecule has 2 amide bonds. The molecule has 6 heteroatoms. The van der Waals surface area contributed by atoms with E-state index in [0.717, 1.165) is 5.56 Å². The van der Waals surface area contributed by atoms with Crippen molar-refractivity contribution in [3.63, 3.8) is 0 Å². The van der Waals surface area contributed by atoms with Gasteiger partial charge in [0.1, 0.15) is 5.75 Å². The summed E-state index contributed by atoms with van der Waals surface area (Å²) in [6, 6.07) is 13.6. The molecule has 0 saturated heterocycles. The zero-order valence-corrected chi connectivity index (χ0v) is 12.0. The molecule has 2 aromatic carbocycles. The van der Waals surface area contributed by atoms with Crippen LogP contribution in [0.1, 0.15) is 15.9 Å². The van der Waals surface area contributed by atoms with Crippen molar-refractivity contribution >= 4 is 17.5 Å². The van der Waals surface area contributed by atoms with Crippen molar-refractivity contribution in [3.05, 3.63) is 59.7 Å². The van der Waals surface area contributed by atoms with Gasteiger partial charge in [0.15, 0.2) is 0 Å². The van der Waals surface area contributed by atoms with Crippen LogP contribution in [-0.2, 0) is 11.2 Å². The quantitative estimate of drug-likeness (QED) is 0.582. The highest BCUT2D eigenvalue weighted by Crippen LogP contribution is 2.14. The van der Waals surface area contributed by atoms with Crippen molar-refractivity contribution in [2.24, 2.45) is 0 Å². The van der Waals surface area contributed by atoms with E-state index >= 15 is 0 Å². The molecule has 0 spiro atoms. The normalized spacial score (nSPS) is 9.91. The average Bonchev–Trinajstić information content (AvgIpc) is 2.56. The van der Waals surface area contributed by atoms with Crippen molar-refractivity contribution in [1.29, 1.82) is 0 Å². The molecule has 0 heterocycles. The van der Waals surface area contributed by atoms with Gasteiger partial charge in [-0.25, -0.2) is 5.48 Å². The predicted octanol–water partition coefficient (Wildman–Crippen LogP) is 2.00. The van der Waals surface area contributed by atoms with E-state index in [1.807, 2.05) is 0 Å². The summed E-state index contributed by atoms with van der Waals surface area (Å²) in [4.78, 5) is 23.1. The standard InChI is InChI=1S/C16H16N2O4/c1-22-14-8-4-12(5-9-14)16(20)17-13-6-2-11(3-7-13)10-15(19)18-21/h2-9,21H,10H2,1H3,(H,17,20)(H,18,19). The van der Waals surface area contributed by atoms with Crippen LogP contribution in [0.3, 0.4) is 0 Å². The lowest BCUT2D eigenvalue weighted by atomic mass is 10.1. The number of hydrogen-bond donors (Lipinski definition) is 3. The van der Waals surface area contributed by atoms with Crippen LogP contribution < -0.4 is 15.5 Å². The number of carbonyl (C=O) groups excluding carboxylic acids is 2. The summed E-state index contributed by atoms with van der Waals surface area (Å²) in [7, 11) is 1.56. The molecule has 22 heavy (non-hydrogen) atoms. The maximum Gasteiger partial charge on any atom is 0.255 e. The van der Waals surface area contributed by atoms with E-state index in [1.54, 1.807) is 61.1 Å². The molecule has 0 aliphatic heterocycles. The van der Waals surface area contributed by atoms with Crippen LogP contribution in [0, 0.1) is 0 Å². The highest BCUT2D eigenvalue weighted by atomic mass is 16.5. The van der Waals surface area contributed by atoms with E-state index in [1.165, 1.54) is 0 Å². The van der Waals surface area contributed by atoms with E-state index in [0.29, 0.717) is 17.0 Å². The molecule has 0 fully saturated rings. The third-order valence-electron chi connectivity index (χ3n) is 3.05. The minimum Gasteiger partial charge on any atom is -0.497 e. The summed E-state index contributed by atoms with van der Waals surface area (Å²) in [6.45, 7) is 0. The first-order valence-corrected chi connectivity index (χ1v) is 6.59. The van der Waals surface area contributed by atoms with Gasteiger partial charge in [0.2, 0.25) is 5.91 Å². The molecule has 0 bridgehead atoms. The maximum atomic E-state index is 12.1. The average molecular weight is 300 g/mol. The molecule has 0 atom stereocenters. The van der Waals surface area contributed by atoms with Gasteiger partial charge in [0.05, 0.1) is 13.5 Å². The number of rotatable bonds is 5. The number of methoxy groups -OCH3 is 1. The monoisotopic (exact) mass is 300 g/mol. The molecule has 3 N–H and O–H groups in total. The maximum absolute atomic E-state index is 12.1. The van der Waals surface area contributed by atoms with Gasteiger partial charge in [0.25, 0.3) is 5.91 Å². The number of ether oxygens (including phenoxy) is 1. The molecule has 0 radical (unpaired) electrons. The molecule has 0 saturated carbocycles. The highest BCUT2D eigenvalue weighted by Gasteiger charge is 2.07. The zero-order valence-electron chi connectivity index (χ0n) is 12.0. The molecule has 2 aromatic rings.